The van der Waals surface area contributed by atoms with Crippen molar-refractivity contribution in [1.29, 1.82) is 0 Å². The van der Waals surface area contributed by atoms with Crippen LogP contribution >= 0.6 is 11.6 Å². The Bertz CT molecular complexity index is 1210. The molecule has 1 aromatic heterocycles. The molecule has 0 spiro atoms. The van der Waals surface area contributed by atoms with Crippen molar-refractivity contribution < 1.29 is 9.53 Å². The van der Waals surface area contributed by atoms with Gasteiger partial charge in [-0.2, -0.15) is 5.10 Å². The molecule has 0 bridgehead atoms. The third-order valence-electron chi connectivity index (χ3n) is 5.19. The number of nitrogens with one attached hydrogen (secondary N) is 1. The topological polar surface area (TPSA) is 56.1 Å². The Labute approximate surface area is 192 Å². The molecule has 3 aromatic carbocycles. The number of aromatic nitrogens is 2. The maximum Gasteiger partial charge on any atom is 0.255 e. The zero-order valence-corrected chi connectivity index (χ0v) is 18.8. The van der Waals surface area contributed by atoms with E-state index in [9.17, 15) is 4.79 Å². The molecule has 6 heteroatoms. The van der Waals surface area contributed by atoms with Gasteiger partial charge in [0.25, 0.3) is 5.91 Å². The second-order valence-corrected chi connectivity index (χ2v) is 8.09. The fourth-order valence-corrected chi connectivity index (χ4v) is 3.65. The van der Waals surface area contributed by atoms with E-state index in [4.69, 9.17) is 16.3 Å². The average Bonchev–Trinajstić information content (AvgIpc) is 3.22. The standard InChI is InChI=1S/C26H24ClN3O2/c1-18-6-5-7-19(2)25(18)32-17-20-10-12-21(13-11-20)26(31)29-23-14-28-30(16-23)15-22-8-3-4-9-24(22)27/h3-14,16H,15,17H2,1-2H3,(H,29,31). The Morgan fingerprint density at radius 3 is 2.44 bits per heavy atom. The number of aryl methyl sites for hydroxylation is 2. The monoisotopic (exact) mass is 445 g/mol. The van der Waals surface area contributed by atoms with E-state index < -0.39 is 0 Å². The molecule has 5 nitrogen and oxygen atoms in total. The van der Waals surface area contributed by atoms with E-state index in [-0.39, 0.29) is 5.91 Å². The molecule has 0 aliphatic rings. The minimum atomic E-state index is -0.190. The molecule has 1 heterocycles. The molecule has 4 aromatic rings. The first-order valence-electron chi connectivity index (χ1n) is 10.3. The van der Waals surface area contributed by atoms with Crippen LogP contribution in [0.1, 0.15) is 32.6 Å². The van der Waals surface area contributed by atoms with Gasteiger partial charge in [-0.25, -0.2) is 0 Å². The second-order valence-electron chi connectivity index (χ2n) is 7.68. The minimum absolute atomic E-state index is 0.190. The maximum absolute atomic E-state index is 12.6. The predicted octanol–water partition coefficient (Wildman–Crippen LogP) is 6.03. The maximum atomic E-state index is 12.6. The Morgan fingerprint density at radius 2 is 1.72 bits per heavy atom. The number of benzene rings is 3. The average molecular weight is 446 g/mol. The largest absolute Gasteiger partial charge is 0.488 e. The van der Waals surface area contributed by atoms with E-state index >= 15 is 0 Å². The first kappa shape index (κ1) is 21.7. The first-order chi connectivity index (χ1) is 15.5. The van der Waals surface area contributed by atoms with Crippen molar-refractivity contribution in [3.63, 3.8) is 0 Å². The molecule has 4 rings (SSSR count). The van der Waals surface area contributed by atoms with Gasteiger partial charge in [-0.15, -0.1) is 0 Å². The van der Waals surface area contributed by atoms with Gasteiger partial charge in [0, 0.05) is 16.8 Å². The number of carbonyl (C=O) groups excluding carboxylic acids is 1. The van der Waals surface area contributed by atoms with Crippen LogP contribution in [0.15, 0.2) is 79.1 Å². The summed E-state index contributed by atoms with van der Waals surface area (Å²) in [5.41, 5.74) is 5.38. The SMILES string of the molecule is Cc1cccc(C)c1OCc1ccc(C(=O)Nc2cnn(Cc3ccccc3Cl)c2)cc1. The summed E-state index contributed by atoms with van der Waals surface area (Å²) < 4.78 is 7.73. The number of halogens is 1. The van der Waals surface area contributed by atoms with Gasteiger partial charge in [0.05, 0.1) is 18.4 Å². The Balaban J connectivity index is 1.35. The Hall–Kier alpha value is -3.57. The number of hydrogen-bond acceptors (Lipinski definition) is 3. The summed E-state index contributed by atoms with van der Waals surface area (Å²) >= 11 is 6.21. The van der Waals surface area contributed by atoms with E-state index in [2.05, 4.69) is 10.4 Å². The highest BCUT2D eigenvalue weighted by atomic mass is 35.5. The van der Waals surface area contributed by atoms with E-state index in [0.29, 0.717) is 29.4 Å². The molecule has 0 saturated heterocycles. The number of ether oxygens (including phenoxy) is 1. The third-order valence-corrected chi connectivity index (χ3v) is 5.56. The molecule has 0 saturated carbocycles. The molecule has 0 fully saturated rings. The minimum Gasteiger partial charge on any atom is -0.488 e. The van der Waals surface area contributed by atoms with Gasteiger partial charge < -0.3 is 10.1 Å². The smallest absolute Gasteiger partial charge is 0.255 e. The van der Waals surface area contributed by atoms with Crippen LogP contribution in [0, 0.1) is 13.8 Å². The van der Waals surface area contributed by atoms with E-state index in [1.807, 2.05) is 68.4 Å². The lowest BCUT2D eigenvalue weighted by Gasteiger charge is -2.12. The Kier molecular flexibility index (Phi) is 6.57. The van der Waals surface area contributed by atoms with Crippen molar-refractivity contribution in [3.05, 3.63) is 112 Å². The second kappa shape index (κ2) is 9.71. The normalized spacial score (nSPS) is 10.7. The molecule has 0 atom stereocenters. The van der Waals surface area contributed by atoms with E-state index in [1.54, 1.807) is 29.2 Å². The zero-order chi connectivity index (χ0) is 22.5. The van der Waals surface area contributed by atoms with Crippen molar-refractivity contribution >= 4 is 23.2 Å². The summed E-state index contributed by atoms with van der Waals surface area (Å²) in [4.78, 5) is 12.6. The summed E-state index contributed by atoms with van der Waals surface area (Å²) in [5, 5.41) is 7.88. The summed E-state index contributed by atoms with van der Waals surface area (Å²) in [5.74, 6) is 0.715. The van der Waals surface area contributed by atoms with Crippen molar-refractivity contribution in [2.45, 2.75) is 27.0 Å². The van der Waals surface area contributed by atoms with Crippen LogP contribution < -0.4 is 10.1 Å². The van der Waals surface area contributed by atoms with Gasteiger partial charge in [-0.1, -0.05) is 60.1 Å². The summed E-state index contributed by atoms with van der Waals surface area (Å²) in [6, 6.07) is 21.1. The molecule has 0 unspecified atom stereocenters. The zero-order valence-electron chi connectivity index (χ0n) is 18.0. The number of para-hydroxylation sites is 1. The van der Waals surface area contributed by atoms with Gasteiger partial charge in [-0.3, -0.25) is 9.48 Å². The first-order valence-corrected chi connectivity index (χ1v) is 10.7. The van der Waals surface area contributed by atoms with Gasteiger partial charge in [0.1, 0.15) is 12.4 Å². The Morgan fingerprint density at radius 1 is 1.00 bits per heavy atom. The van der Waals surface area contributed by atoms with Crippen molar-refractivity contribution in [2.24, 2.45) is 0 Å². The van der Waals surface area contributed by atoms with Gasteiger partial charge in [0.2, 0.25) is 0 Å². The van der Waals surface area contributed by atoms with Gasteiger partial charge in [-0.05, 0) is 54.3 Å². The molecule has 0 aliphatic heterocycles. The van der Waals surface area contributed by atoms with Crippen molar-refractivity contribution in [1.82, 2.24) is 9.78 Å². The highest BCUT2D eigenvalue weighted by Crippen LogP contribution is 2.23. The third kappa shape index (κ3) is 5.18. The van der Waals surface area contributed by atoms with Crippen molar-refractivity contribution in [3.8, 4) is 5.75 Å². The highest BCUT2D eigenvalue weighted by molar-refractivity contribution is 6.31. The van der Waals surface area contributed by atoms with Gasteiger partial charge in [0.15, 0.2) is 0 Å². The highest BCUT2D eigenvalue weighted by Gasteiger charge is 2.09. The lowest BCUT2D eigenvalue weighted by atomic mass is 10.1. The fourth-order valence-electron chi connectivity index (χ4n) is 3.45. The summed E-state index contributed by atoms with van der Waals surface area (Å²) in [7, 11) is 0. The molecule has 1 amide bonds. The number of hydrogen-bond donors (Lipinski definition) is 1. The van der Waals surface area contributed by atoms with Crippen LogP contribution in [0.3, 0.4) is 0 Å². The lowest BCUT2D eigenvalue weighted by molar-refractivity contribution is 0.102. The van der Waals surface area contributed by atoms with Crippen LogP contribution in [0.25, 0.3) is 0 Å². The number of carbonyl (C=O) groups is 1. The molecular weight excluding hydrogens is 422 g/mol. The molecule has 162 valence electrons. The lowest BCUT2D eigenvalue weighted by Crippen LogP contribution is -2.11. The number of nitrogens with zero attached hydrogens (tertiary/aromatic N) is 2. The van der Waals surface area contributed by atoms with Gasteiger partial charge >= 0.3 is 0 Å². The summed E-state index contributed by atoms with van der Waals surface area (Å²) in [6.07, 6.45) is 3.41. The van der Waals surface area contributed by atoms with Crippen molar-refractivity contribution in [2.75, 3.05) is 5.32 Å². The summed E-state index contributed by atoms with van der Waals surface area (Å²) in [6.45, 7) is 5.05. The molecule has 32 heavy (non-hydrogen) atoms. The van der Waals surface area contributed by atoms with Crippen LogP contribution in [0.4, 0.5) is 5.69 Å². The van der Waals surface area contributed by atoms with E-state index in [0.717, 1.165) is 28.0 Å². The molecular formula is C26H24ClN3O2. The van der Waals surface area contributed by atoms with E-state index in [1.165, 1.54) is 0 Å². The molecule has 0 radical (unpaired) electrons. The molecule has 1 N–H and O–H groups in total. The van der Waals surface area contributed by atoms with Crippen LogP contribution in [-0.2, 0) is 13.2 Å². The molecule has 0 aliphatic carbocycles. The number of amides is 1. The number of anilines is 1. The fraction of sp³-hybridized carbons (Fsp3) is 0.154. The van der Waals surface area contributed by atoms with Crippen LogP contribution in [0.5, 0.6) is 5.75 Å². The van der Waals surface area contributed by atoms with Crippen LogP contribution in [0.2, 0.25) is 5.02 Å². The predicted molar refractivity (Wildman–Crippen MR) is 127 cm³/mol. The van der Waals surface area contributed by atoms with Crippen LogP contribution in [-0.4, -0.2) is 15.7 Å². The number of rotatable bonds is 7. The quantitative estimate of drug-likeness (QED) is 0.377.